The lowest BCUT2D eigenvalue weighted by molar-refractivity contribution is 0.373. The number of phenolic OH excluding ortho intramolecular Hbond substituents is 2. The summed E-state index contributed by atoms with van der Waals surface area (Å²) in [6.07, 6.45) is 19.1. The quantitative estimate of drug-likeness (QED) is 0.599. The Hall–Kier alpha value is -1.18. The molecule has 3 aliphatic rings. The maximum atomic E-state index is 10.9. The van der Waals surface area contributed by atoms with Gasteiger partial charge in [-0.1, -0.05) is 57.8 Å². The van der Waals surface area contributed by atoms with Gasteiger partial charge in [0.1, 0.15) is 11.5 Å². The van der Waals surface area contributed by atoms with Gasteiger partial charge in [-0.05, 0) is 61.8 Å². The highest BCUT2D eigenvalue weighted by Crippen LogP contribution is 2.52. The molecule has 0 radical (unpaired) electrons. The van der Waals surface area contributed by atoms with E-state index in [-0.39, 0.29) is 0 Å². The first-order valence-electron chi connectivity index (χ1n) is 11.3. The van der Waals surface area contributed by atoms with Crippen LogP contribution in [0.5, 0.6) is 11.5 Å². The van der Waals surface area contributed by atoms with Crippen LogP contribution >= 0.6 is 0 Å². The van der Waals surface area contributed by atoms with E-state index in [1.807, 2.05) is 0 Å². The zero-order valence-corrected chi connectivity index (χ0v) is 16.3. The molecule has 0 heterocycles. The second-order valence-corrected chi connectivity index (χ2v) is 9.16. The van der Waals surface area contributed by atoms with E-state index >= 15 is 0 Å². The predicted octanol–water partition coefficient (Wildman–Crippen LogP) is 7.24. The maximum Gasteiger partial charge on any atom is 0.123 e. The van der Waals surface area contributed by atoms with Gasteiger partial charge in [-0.3, -0.25) is 0 Å². The molecule has 1 aromatic carbocycles. The predicted molar refractivity (Wildman–Crippen MR) is 107 cm³/mol. The van der Waals surface area contributed by atoms with E-state index in [2.05, 4.69) is 0 Å². The van der Waals surface area contributed by atoms with Crippen molar-refractivity contribution < 1.29 is 10.2 Å². The summed E-state index contributed by atoms with van der Waals surface area (Å²) in [5.41, 5.74) is 3.89. The number of rotatable bonds is 3. The number of hydrogen-bond donors (Lipinski definition) is 2. The molecule has 0 aliphatic heterocycles. The third-order valence-electron chi connectivity index (χ3n) is 7.45. The van der Waals surface area contributed by atoms with Crippen LogP contribution in [0, 0.1) is 0 Å². The Morgan fingerprint density at radius 3 is 1.12 bits per heavy atom. The molecule has 0 atom stereocenters. The van der Waals surface area contributed by atoms with Crippen LogP contribution in [0.15, 0.2) is 6.07 Å². The van der Waals surface area contributed by atoms with Crippen LogP contribution in [-0.2, 0) is 0 Å². The fourth-order valence-electron chi connectivity index (χ4n) is 6.18. The summed E-state index contributed by atoms with van der Waals surface area (Å²) < 4.78 is 0. The van der Waals surface area contributed by atoms with Crippen molar-refractivity contribution in [1.82, 2.24) is 0 Å². The van der Waals surface area contributed by atoms with Gasteiger partial charge < -0.3 is 10.2 Å². The largest absolute Gasteiger partial charge is 0.508 e. The van der Waals surface area contributed by atoms with Crippen LogP contribution in [0.1, 0.15) is 131 Å². The maximum absolute atomic E-state index is 10.9. The minimum Gasteiger partial charge on any atom is -0.508 e. The SMILES string of the molecule is Oc1cc(O)c(C2CCCCC2)c(C2CCCCC2)c1C1CCCCC1. The van der Waals surface area contributed by atoms with Crippen LogP contribution in [0.2, 0.25) is 0 Å². The highest BCUT2D eigenvalue weighted by atomic mass is 16.3. The van der Waals surface area contributed by atoms with E-state index in [0.717, 1.165) is 0 Å². The summed E-state index contributed by atoms with van der Waals surface area (Å²) in [6, 6.07) is 1.69. The molecule has 0 spiro atoms. The summed E-state index contributed by atoms with van der Waals surface area (Å²) in [7, 11) is 0. The Morgan fingerprint density at radius 1 is 0.462 bits per heavy atom. The van der Waals surface area contributed by atoms with E-state index < -0.39 is 0 Å². The second-order valence-electron chi connectivity index (χ2n) is 9.16. The zero-order valence-electron chi connectivity index (χ0n) is 16.3. The fourth-order valence-corrected chi connectivity index (χ4v) is 6.18. The second kappa shape index (κ2) is 8.23. The molecule has 0 unspecified atom stereocenters. The van der Waals surface area contributed by atoms with Crippen LogP contribution < -0.4 is 0 Å². The Bertz CT molecular complexity index is 561. The van der Waals surface area contributed by atoms with E-state index in [1.54, 1.807) is 6.07 Å². The number of hydrogen-bond acceptors (Lipinski definition) is 2. The van der Waals surface area contributed by atoms with Crippen molar-refractivity contribution in [2.75, 3.05) is 0 Å². The molecule has 0 aromatic heterocycles. The minimum absolute atomic E-state index is 0.384. The molecule has 0 amide bonds. The molecule has 2 nitrogen and oxygen atoms in total. The van der Waals surface area contributed by atoms with Gasteiger partial charge in [0.05, 0.1) is 0 Å². The van der Waals surface area contributed by atoms with Crippen LogP contribution in [-0.4, -0.2) is 10.2 Å². The van der Waals surface area contributed by atoms with Crippen molar-refractivity contribution in [2.45, 2.75) is 114 Å². The summed E-state index contributed by atoms with van der Waals surface area (Å²) in [4.78, 5) is 0. The van der Waals surface area contributed by atoms with Gasteiger partial charge in [-0.15, -0.1) is 0 Å². The Kier molecular flexibility index (Phi) is 5.76. The average molecular weight is 357 g/mol. The van der Waals surface area contributed by atoms with Crippen molar-refractivity contribution in [3.05, 3.63) is 22.8 Å². The third kappa shape index (κ3) is 3.62. The monoisotopic (exact) mass is 356 g/mol. The van der Waals surface area contributed by atoms with Crippen molar-refractivity contribution in [3.63, 3.8) is 0 Å². The first-order valence-corrected chi connectivity index (χ1v) is 11.3. The summed E-state index contributed by atoms with van der Waals surface area (Å²) in [6.45, 7) is 0. The van der Waals surface area contributed by atoms with Gasteiger partial charge in [-0.25, -0.2) is 0 Å². The van der Waals surface area contributed by atoms with Gasteiger partial charge in [0.2, 0.25) is 0 Å². The molecule has 1 aromatic rings. The number of benzene rings is 1. The Balaban J connectivity index is 1.82. The summed E-state index contributed by atoms with van der Waals surface area (Å²) >= 11 is 0. The Morgan fingerprint density at radius 2 is 0.769 bits per heavy atom. The fraction of sp³-hybridized carbons (Fsp3) is 0.750. The van der Waals surface area contributed by atoms with Gasteiger partial charge in [0.25, 0.3) is 0 Å². The van der Waals surface area contributed by atoms with Gasteiger partial charge in [-0.2, -0.15) is 0 Å². The minimum atomic E-state index is 0.384. The van der Waals surface area contributed by atoms with Crippen LogP contribution in [0.25, 0.3) is 0 Å². The first-order chi connectivity index (χ1) is 12.8. The van der Waals surface area contributed by atoms with Crippen molar-refractivity contribution >= 4 is 0 Å². The van der Waals surface area contributed by atoms with E-state index in [0.29, 0.717) is 29.3 Å². The molecule has 3 fully saturated rings. The third-order valence-corrected chi connectivity index (χ3v) is 7.45. The van der Waals surface area contributed by atoms with E-state index in [1.165, 1.54) is 113 Å². The standard InChI is InChI=1S/C24H36O2/c25-20-16-21(26)23(18-12-6-2-7-13-18)24(19-14-8-3-9-15-19)22(20)17-10-4-1-5-11-17/h16-19,25-26H,1-15H2. The number of aromatic hydroxyl groups is 2. The molecule has 2 N–H and O–H groups in total. The summed E-state index contributed by atoms with van der Waals surface area (Å²) in [5.74, 6) is 2.33. The molecule has 144 valence electrons. The molecule has 3 saturated carbocycles. The molecular formula is C24H36O2. The van der Waals surface area contributed by atoms with Crippen molar-refractivity contribution in [3.8, 4) is 11.5 Å². The first kappa shape index (κ1) is 18.2. The van der Waals surface area contributed by atoms with Gasteiger partial charge >= 0.3 is 0 Å². The molecular weight excluding hydrogens is 320 g/mol. The lowest BCUT2D eigenvalue weighted by atomic mass is 9.70. The molecule has 3 aliphatic carbocycles. The van der Waals surface area contributed by atoms with Crippen LogP contribution in [0.4, 0.5) is 0 Å². The topological polar surface area (TPSA) is 40.5 Å². The lowest BCUT2D eigenvalue weighted by Crippen LogP contribution is -2.17. The smallest absolute Gasteiger partial charge is 0.123 e. The zero-order chi connectivity index (χ0) is 17.9. The number of phenols is 2. The normalized spacial score (nSPS) is 24.0. The molecule has 0 saturated heterocycles. The van der Waals surface area contributed by atoms with E-state index in [9.17, 15) is 10.2 Å². The molecule has 0 bridgehead atoms. The molecule has 26 heavy (non-hydrogen) atoms. The molecule has 2 heteroatoms. The van der Waals surface area contributed by atoms with Crippen LogP contribution in [0.3, 0.4) is 0 Å². The van der Waals surface area contributed by atoms with E-state index in [4.69, 9.17) is 0 Å². The van der Waals surface area contributed by atoms with Crippen molar-refractivity contribution in [1.29, 1.82) is 0 Å². The lowest BCUT2D eigenvalue weighted by Gasteiger charge is -2.35. The highest BCUT2D eigenvalue weighted by Gasteiger charge is 2.33. The average Bonchev–Trinajstić information content (AvgIpc) is 2.69. The summed E-state index contributed by atoms with van der Waals surface area (Å²) in [5, 5.41) is 21.8. The highest BCUT2D eigenvalue weighted by molar-refractivity contribution is 5.56. The molecule has 4 rings (SSSR count). The van der Waals surface area contributed by atoms with Gasteiger partial charge in [0, 0.05) is 17.2 Å². The van der Waals surface area contributed by atoms with Crippen molar-refractivity contribution in [2.24, 2.45) is 0 Å². The van der Waals surface area contributed by atoms with Gasteiger partial charge in [0.15, 0.2) is 0 Å². The Labute approximate surface area is 159 Å².